The van der Waals surface area contributed by atoms with E-state index >= 15 is 0 Å². The number of alkyl halides is 1. The summed E-state index contributed by atoms with van der Waals surface area (Å²) in [4.78, 5) is 10.2. The number of nitrogens with two attached hydrogens (primary N) is 1. The molecular weight excluding hydrogens is 337 g/mol. The summed E-state index contributed by atoms with van der Waals surface area (Å²) in [5, 5.41) is 8.49. The summed E-state index contributed by atoms with van der Waals surface area (Å²) in [7, 11) is 1.60. The van der Waals surface area contributed by atoms with Crippen molar-refractivity contribution in [3.8, 4) is 5.75 Å². The summed E-state index contributed by atoms with van der Waals surface area (Å²) < 4.78 is 24.0. The van der Waals surface area contributed by atoms with Crippen molar-refractivity contribution in [3.63, 3.8) is 0 Å². The number of methoxy groups -OCH3 is 1. The van der Waals surface area contributed by atoms with Gasteiger partial charge in [-0.3, -0.25) is 5.41 Å². The highest BCUT2D eigenvalue weighted by atomic mass is 19.1. The van der Waals surface area contributed by atoms with Crippen LogP contribution in [0.5, 0.6) is 5.75 Å². The first kappa shape index (κ1) is 18.1. The normalized spacial score (nSPS) is 16.7. The number of ether oxygens (including phenoxy) is 2. The summed E-state index contributed by atoms with van der Waals surface area (Å²) in [5.74, 6) is 1.22. The Morgan fingerprint density at radius 2 is 2.19 bits per heavy atom. The lowest BCUT2D eigenvalue weighted by atomic mass is 10.0. The van der Waals surface area contributed by atoms with Gasteiger partial charge in [0, 0.05) is 31.0 Å². The molecule has 0 amide bonds. The lowest BCUT2D eigenvalue weighted by Gasteiger charge is -2.17. The van der Waals surface area contributed by atoms with Crippen molar-refractivity contribution in [1.82, 2.24) is 9.97 Å². The Morgan fingerprint density at radius 3 is 2.92 bits per heavy atom. The van der Waals surface area contributed by atoms with Gasteiger partial charge in [0.1, 0.15) is 30.7 Å². The van der Waals surface area contributed by atoms with Gasteiger partial charge in [0.2, 0.25) is 0 Å². The molecular formula is C18H22FN5O2. The smallest absolute Gasteiger partial charge is 0.132 e. The Bertz CT molecular complexity index is 786. The van der Waals surface area contributed by atoms with Crippen LogP contribution < -0.4 is 15.4 Å². The van der Waals surface area contributed by atoms with E-state index in [2.05, 4.69) is 9.97 Å². The van der Waals surface area contributed by atoms with E-state index in [-0.39, 0.29) is 5.71 Å². The topological polar surface area (TPSA) is 97.4 Å². The fraction of sp³-hybridized carbons (Fsp3) is 0.389. The highest BCUT2D eigenvalue weighted by Crippen LogP contribution is 2.24. The predicted octanol–water partition coefficient (Wildman–Crippen LogP) is 2.05. The molecule has 8 heteroatoms. The van der Waals surface area contributed by atoms with Gasteiger partial charge >= 0.3 is 0 Å². The summed E-state index contributed by atoms with van der Waals surface area (Å²) in [6.45, 7) is 1.80. The molecule has 26 heavy (non-hydrogen) atoms. The van der Waals surface area contributed by atoms with Gasteiger partial charge in [-0.25, -0.2) is 14.4 Å². The molecule has 1 aliphatic rings. The fourth-order valence-corrected chi connectivity index (χ4v) is 2.80. The van der Waals surface area contributed by atoms with E-state index in [9.17, 15) is 4.39 Å². The standard InChI is InChI=1S/C18H22FN5O2/c1-25-6-7-26-13-2-3-15(20)14(8-13)18(21)16-9-17(23-11-22-16)24-5-4-12(19)10-24/h2-3,8-9,11-12,21H,4-7,10,20H2,1H3/t12-/m1/s1. The van der Waals surface area contributed by atoms with Crippen molar-refractivity contribution in [1.29, 1.82) is 5.41 Å². The molecule has 1 fully saturated rings. The molecule has 0 radical (unpaired) electrons. The third-order valence-electron chi connectivity index (χ3n) is 4.21. The molecule has 1 atom stereocenters. The average molecular weight is 359 g/mol. The number of anilines is 2. The zero-order chi connectivity index (χ0) is 18.5. The molecule has 2 heterocycles. The van der Waals surface area contributed by atoms with E-state index in [0.29, 0.717) is 61.2 Å². The zero-order valence-electron chi connectivity index (χ0n) is 14.6. The van der Waals surface area contributed by atoms with E-state index in [1.807, 2.05) is 4.90 Å². The Morgan fingerprint density at radius 1 is 1.35 bits per heavy atom. The molecule has 1 aromatic carbocycles. The molecule has 0 aliphatic carbocycles. The van der Waals surface area contributed by atoms with Crippen molar-refractivity contribution < 1.29 is 13.9 Å². The molecule has 3 rings (SSSR count). The number of benzene rings is 1. The van der Waals surface area contributed by atoms with Crippen molar-refractivity contribution in [2.75, 3.05) is 44.0 Å². The van der Waals surface area contributed by atoms with Gasteiger partial charge in [0.25, 0.3) is 0 Å². The number of nitrogen functional groups attached to an aromatic ring is 1. The molecule has 0 bridgehead atoms. The zero-order valence-corrected chi connectivity index (χ0v) is 14.6. The van der Waals surface area contributed by atoms with Crippen LogP contribution in [-0.2, 0) is 4.74 Å². The molecule has 3 N–H and O–H groups in total. The maximum absolute atomic E-state index is 13.4. The largest absolute Gasteiger partial charge is 0.491 e. The minimum Gasteiger partial charge on any atom is -0.491 e. The van der Waals surface area contributed by atoms with Crippen LogP contribution in [0, 0.1) is 5.41 Å². The number of halogens is 1. The van der Waals surface area contributed by atoms with Crippen molar-refractivity contribution >= 4 is 17.2 Å². The molecule has 1 aliphatic heterocycles. The lowest BCUT2D eigenvalue weighted by molar-refractivity contribution is 0.146. The van der Waals surface area contributed by atoms with Crippen LogP contribution in [0.1, 0.15) is 17.7 Å². The summed E-state index contributed by atoms with van der Waals surface area (Å²) in [6, 6.07) is 6.85. The first-order chi connectivity index (χ1) is 12.6. The molecule has 0 spiro atoms. The van der Waals surface area contributed by atoms with Gasteiger partial charge in [0.05, 0.1) is 24.6 Å². The predicted molar refractivity (Wildman–Crippen MR) is 97.9 cm³/mol. The number of hydrogen-bond acceptors (Lipinski definition) is 7. The number of nitrogens with one attached hydrogen (secondary N) is 1. The van der Waals surface area contributed by atoms with Crippen LogP contribution in [0.2, 0.25) is 0 Å². The van der Waals surface area contributed by atoms with Crippen molar-refractivity contribution in [2.24, 2.45) is 0 Å². The lowest BCUT2D eigenvalue weighted by Crippen LogP contribution is -2.22. The van der Waals surface area contributed by atoms with E-state index < -0.39 is 6.17 Å². The van der Waals surface area contributed by atoms with Gasteiger partial charge < -0.3 is 20.1 Å². The van der Waals surface area contributed by atoms with Crippen LogP contribution in [0.25, 0.3) is 0 Å². The number of nitrogens with zero attached hydrogens (tertiary/aromatic N) is 3. The maximum atomic E-state index is 13.4. The second kappa shape index (κ2) is 8.09. The van der Waals surface area contributed by atoms with Crippen molar-refractivity contribution in [3.05, 3.63) is 41.9 Å². The number of rotatable bonds is 7. The van der Waals surface area contributed by atoms with Crippen LogP contribution in [0.15, 0.2) is 30.6 Å². The molecule has 2 aromatic rings. The van der Waals surface area contributed by atoms with Crippen LogP contribution in [0.3, 0.4) is 0 Å². The van der Waals surface area contributed by atoms with Crippen molar-refractivity contribution in [2.45, 2.75) is 12.6 Å². The first-order valence-corrected chi connectivity index (χ1v) is 8.40. The van der Waals surface area contributed by atoms with Gasteiger partial charge in [-0.1, -0.05) is 0 Å². The minimum absolute atomic E-state index is 0.166. The molecule has 1 aromatic heterocycles. The molecule has 0 unspecified atom stereocenters. The van der Waals surface area contributed by atoms with Crippen LogP contribution >= 0.6 is 0 Å². The highest BCUT2D eigenvalue weighted by molar-refractivity contribution is 6.13. The number of hydrogen-bond donors (Lipinski definition) is 2. The Hall–Kier alpha value is -2.74. The van der Waals surface area contributed by atoms with Gasteiger partial charge in [-0.05, 0) is 24.6 Å². The van der Waals surface area contributed by atoms with E-state index in [4.69, 9.17) is 20.6 Å². The van der Waals surface area contributed by atoms with E-state index in [1.54, 1.807) is 31.4 Å². The summed E-state index contributed by atoms with van der Waals surface area (Å²) >= 11 is 0. The molecule has 0 saturated carbocycles. The monoisotopic (exact) mass is 359 g/mol. The summed E-state index contributed by atoms with van der Waals surface area (Å²) in [5.41, 5.74) is 7.61. The van der Waals surface area contributed by atoms with Crippen LogP contribution in [0.4, 0.5) is 15.9 Å². The highest BCUT2D eigenvalue weighted by Gasteiger charge is 2.23. The third-order valence-corrected chi connectivity index (χ3v) is 4.21. The maximum Gasteiger partial charge on any atom is 0.132 e. The minimum atomic E-state index is -0.843. The second-order valence-electron chi connectivity index (χ2n) is 6.06. The Labute approximate surface area is 151 Å². The first-order valence-electron chi connectivity index (χ1n) is 8.40. The molecule has 138 valence electrons. The molecule has 7 nitrogen and oxygen atoms in total. The average Bonchev–Trinajstić information content (AvgIpc) is 3.09. The van der Waals surface area contributed by atoms with Gasteiger partial charge in [-0.15, -0.1) is 0 Å². The second-order valence-corrected chi connectivity index (χ2v) is 6.06. The quantitative estimate of drug-likeness (QED) is 0.446. The fourth-order valence-electron chi connectivity index (χ4n) is 2.80. The summed E-state index contributed by atoms with van der Waals surface area (Å²) in [6.07, 6.45) is 1.04. The van der Waals surface area contributed by atoms with Gasteiger partial charge in [0.15, 0.2) is 0 Å². The third kappa shape index (κ3) is 4.08. The van der Waals surface area contributed by atoms with Crippen LogP contribution in [-0.4, -0.2) is 55.3 Å². The number of aromatic nitrogens is 2. The van der Waals surface area contributed by atoms with Gasteiger partial charge in [-0.2, -0.15) is 0 Å². The Balaban J connectivity index is 1.81. The van der Waals surface area contributed by atoms with E-state index in [1.165, 1.54) is 6.33 Å². The Kier molecular flexibility index (Phi) is 5.62. The molecule has 1 saturated heterocycles. The van der Waals surface area contributed by atoms with E-state index in [0.717, 1.165) is 0 Å². The SMILES string of the molecule is COCCOc1ccc(N)c(C(=N)c2cc(N3CC[C@@H](F)C3)ncn2)c1.